The number of halogens is 2. The molecule has 2 nitrogen and oxygen atoms in total. The molecule has 1 aliphatic heterocycles. The second kappa shape index (κ2) is 5.10. The summed E-state index contributed by atoms with van der Waals surface area (Å²) in [6, 6.07) is 3.79. The molecular formula is C13H18F2NO+. The molecule has 17 heavy (non-hydrogen) atoms. The van der Waals surface area contributed by atoms with Crippen LogP contribution >= 0.6 is 0 Å². The van der Waals surface area contributed by atoms with E-state index in [0.29, 0.717) is 12.1 Å². The first-order valence-corrected chi connectivity index (χ1v) is 5.97. The minimum atomic E-state index is -0.523. The van der Waals surface area contributed by atoms with Crippen molar-refractivity contribution >= 4 is 0 Å². The van der Waals surface area contributed by atoms with Gasteiger partial charge >= 0.3 is 0 Å². The minimum Gasteiger partial charge on any atom is -0.364 e. The molecule has 1 heterocycles. The van der Waals surface area contributed by atoms with Crippen LogP contribution in [0.5, 0.6) is 0 Å². The van der Waals surface area contributed by atoms with Crippen LogP contribution in [0.15, 0.2) is 18.2 Å². The van der Waals surface area contributed by atoms with Crippen LogP contribution in [0.3, 0.4) is 0 Å². The van der Waals surface area contributed by atoms with Gasteiger partial charge in [-0.1, -0.05) is 0 Å². The van der Waals surface area contributed by atoms with Crippen molar-refractivity contribution in [1.82, 2.24) is 0 Å². The Labute approximate surface area is 100 Å². The number of hydrogen-bond acceptors (Lipinski definition) is 1. The van der Waals surface area contributed by atoms with Crippen molar-refractivity contribution in [3.63, 3.8) is 0 Å². The third kappa shape index (κ3) is 3.23. The summed E-state index contributed by atoms with van der Waals surface area (Å²) in [5.74, 6) is -0.978. The third-order valence-corrected chi connectivity index (χ3v) is 3.07. The zero-order chi connectivity index (χ0) is 12.4. The van der Waals surface area contributed by atoms with Gasteiger partial charge in [-0.25, -0.2) is 8.78 Å². The fourth-order valence-corrected chi connectivity index (χ4v) is 2.47. The SMILES string of the molecule is C[C@@H]1C[NH+](Cc2ccc(F)cc2F)C[C@H](C)O1. The lowest BCUT2D eigenvalue weighted by molar-refractivity contribution is -0.928. The van der Waals surface area contributed by atoms with E-state index in [0.717, 1.165) is 19.2 Å². The second-order valence-electron chi connectivity index (χ2n) is 4.83. The molecule has 1 N–H and O–H groups in total. The average molecular weight is 242 g/mol. The van der Waals surface area contributed by atoms with Crippen LogP contribution in [0.2, 0.25) is 0 Å². The van der Waals surface area contributed by atoms with Gasteiger partial charge in [0, 0.05) is 11.6 Å². The van der Waals surface area contributed by atoms with E-state index < -0.39 is 11.6 Å². The average Bonchev–Trinajstić information content (AvgIpc) is 2.21. The molecule has 0 amide bonds. The highest BCUT2D eigenvalue weighted by atomic mass is 19.1. The van der Waals surface area contributed by atoms with Crippen molar-refractivity contribution in [1.29, 1.82) is 0 Å². The largest absolute Gasteiger partial charge is 0.364 e. The quantitative estimate of drug-likeness (QED) is 0.821. The summed E-state index contributed by atoms with van der Waals surface area (Å²) < 4.78 is 31.9. The van der Waals surface area contributed by atoms with Crippen LogP contribution < -0.4 is 4.90 Å². The van der Waals surface area contributed by atoms with Crippen LogP contribution in [-0.4, -0.2) is 25.3 Å². The van der Waals surface area contributed by atoms with Gasteiger partial charge in [0.2, 0.25) is 0 Å². The fraction of sp³-hybridized carbons (Fsp3) is 0.538. The summed E-state index contributed by atoms with van der Waals surface area (Å²) in [5.41, 5.74) is 0.572. The Morgan fingerprint density at radius 2 is 1.88 bits per heavy atom. The predicted molar refractivity (Wildman–Crippen MR) is 60.8 cm³/mol. The molecule has 1 saturated heterocycles. The first-order chi connectivity index (χ1) is 8.04. The van der Waals surface area contributed by atoms with E-state index in [1.165, 1.54) is 17.0 Å². The summed E-state index contributed by atoms with van der Waals surface area (Å²) >= 11 is 0. The Morgan fingerprint density at radius 1 is 1.24 bits per heavy atom. The van der Waals surface area contributed by atoms with Gasteiger partial charge in [-0.2, -0.15) is 0 Å². The zero-order valence-electron chi connectivity index (χ0n) is 10.2. The molecule has 4 heteroatoms. The van der Waals surface area contributed by atoms with Crippen LogP contribution in [0, 0.1) is 11.6 Å². The summed E-state index contributed by atoms with van der Waals surface area (Å²) in [6.45, 7) is 6.36. The van der Waals surface area contributed by atoms with E-state index in [2.05, 4.69) is 0 Å². The second-order valence-corrected chi connectivity index (χ2v) is 4.83. The summed E-state index contributed by atoms with van der Waals surface area (Å²) in [4.78, 5) is 1.28. The maximum atomic E-state index is 13.5. The molecule has 0 aromatic heterocycles. The van der Waals surface area contributed by atoms with E-state index in [4.69, 9.17) is 4.74 Å². The van der Waals surface area contributed by atoms with Gasteiger partial charge in [0.15, 0.2) is 0 Å². The van der Waals surface area contributed by atoms with Gasteiger partial charge in [0.05, 0.1) is 0 Å². The van der Waals surface area contributed by atoms with E-state index in [1.54, 1.807) is 0 Å². The van der Waals surface area contributed by atoms with Gasteiger partial charge < -0.3 is 9.64 Å². The van der Waals surface area contributed by atoms with E-state index in [1.807, 2.05) is 13.8 Å². The Kier molecular flexibility index (Phi) is 3.74. The lowest BCUT2D eigenvalue weighted by Gasteiger charge is -2.32. The minimum absolute atomic E-state index is 0.192. The van der Waals surface area contributed by atoms with Crippen molar-refractivity contribution in [2.24, 2.45) is 0 Å². The fourth-order valence-electron chi connectivity index (χ4n) is 2.47. The highest BCUT2D eigenvalue weighted by molar-refractivity contribution is 5.17. The number of morpholine rings is 1. The standard InChI is InChI=1S/C13H17F2NO/c1-9-6-16(7-10(2)17-9)8-11-3-4-12(14)5-13(11)15/h3-5,9-10H,6-8H2,1-2H3/p+1/t9-,10+. The Bertz CT molecular complexity index is 387. The number of quaternary nitrogens is 1. The topological polar surface area (TPSA) is 13.7 Å². The van der Waals surface area contributed by atoms with Gasteiger partial charge in [0.1, 0.15) is 43.5 Å². The van der Waals surface area contributed by atoms with Crippen molar-refractivity contribution in [2.45, 2.75) is 32.6 Å². The number of rotatable bonds is 2. The highest BCUT2D eigenvalue weighted by Crippen LogP contribution is 2.09. The van der Waals surface area contributed by atoms with E-state index in [-0.39, 0.29) is 12.2 Å². The van der Waals surface area contributed by atoms with Crippen molar-refractivity contribution in [3.8, 4) is 0 Å². The summed E-state index contributed by atoms with van der Waals surface area (Å²) in [5, 5.41) is 0. The molecule has 1 aliphatic rings. The molecule has 0 bridgehead atoms. The maximum absolute atomic E-state index is 13.5. The van der Waals surface area contributed by atoms with Crippen LogP contribution in [0.4, 0.5) is 8.78 Å². The Balaban J connectivity index is 2.04. The number of ether oxygens (including phenoxy) is 1. The van der Waals surface area contributed by atoms with Crippen LogP contribution in [-0.2, 0) is 11.3 Å². The smallest absolute Gasteiger partial charge is 0.134 e. The maximum Gasteiger partial charge on any atom is 0.134 e. The molecule has 0 radical (unpaired) electrons. The van der Waals surface area contributed by atoms with E-state index in [9.17, 15) is 8.78 Å². The predicted octanol–water partition coefficient (Wildman–Crippen LogP) is 1.16. The van der Waals surface area contributed by atoms with Crippen molar-refractivity contribution in [3.05, 3.63) is 35.4 Å². The summed E-state index contributed by atoms with van der Waals surface area (Å²) in [6.07, 6.45) is 0.384. The lowest BCUT2D eigenvalue weighted by Crippen LogP contribution is -3.14. The molecule has 0 spiro atoms. The van der Waals surface area contributed by atoms with E-state index >= 15 is 0 Å². The van der Waals surface area contributed by atoms with Crippen LogP contribution in [0.25, 0.3) is 0 Å². The van der Waals surface area contributed by atoms with Crippen molar-refractivity contribution < 1.29 is 18.4 Å². The number of nitrogens with one attached hydrogen (secondary N) is 1. The first-order valence-electron chi connectivity index (χ1n) is 5.97. The molecule has 1 aromatic rings. The van der Waals surface area contributed by atoms with Gasteiger partial charge in [-0.05, 0) is 26.0 Å². The van der Waals surface area contributed by atoms with Gasteiger partial charge in [-0.3, -0.25) is 0 Å². The summed E-state index contributed by atoms with van der Waals surface area (Å²) in [7, 11) is 0. The Hall–Kier alpha value is -1.00. The molecule has 3 atom stereocenters. The molecule has 94 valence electrons. The van der Waals surface area contributed by atoms with Gasteiger partial charge in [0.25, 0.3) is 0 Å². The number of hydrogen-bond donors (Lipinski definition) is 1. The molecule has 1 aromatic carbocycles. The molecule has 1 fully saturated rings. The molecular weight excluding hydrogens is 224 g/mol. The molecule has 0 saturated carbocycles. The normalized spacial score (nSPS) is 29.3. The molecule has 1 unspecified atom stereocenters. The lowest BCUT2D eigenvalue weighted by atomic mass is 10.1. The monoisotopic (exact) mass is 242 g/mol. The third-order valence-electron chi connectivity index (χ3n) is 3.07. The molecule has 0 aliphatic carbocycles. The van der Waals surface area contributed by atoms with Crippen LogP contribution in [0.1, 0.15) is 19.4 Å². The zero-order valence-corrected chi connectivity index (χ0v) is 10.2. The molecule has 2 rings (SSSR count). The number of benzene rings is 1. The first kappa shape index (κ1) is 12.5. The highest BCUT2D eigenvalue weighted by Gasteiger charge is 2.26. The Morgan fingerprint density at radius 3 is 2.47 bits per heavy atom. The van der Waals surface area contributed by atoms with Gasteiger partial charge in [-0.15, -0.1) is 0 Å². The van der Waals surface area contributed by atoms with Crippen molar-refractivity contribution in [2.75, 3.05) is 13.1 Å².